The van der Waals surface area contributed by atoms with Crippen molar-refractivity contribution in [2.24, 2.45) is 12.0 Å². The van der Waals surface area contributed by atoms with Gasteiger partial charge in [-0.1, -0.05) is 36.4 Å². The molecule has 0 fully saturated rings. The second-order valence-electron chi connectivity index (χ2n) is 5.53. The van der Waals surface area contributed by atoms with E-state index in [2.05, 4.69) is 75.1 Å². The molecule has 24 heavy (non-hydrogen) atoms. The fourth-order valence-electron chi connectivity index (χ4n) is 2.49. The molecule has 0 saturated carbocycles. The van der Waals surface area contributed by atoms with Gasteiger partial charge in [-0.25, -0.2) is 9.98 Å². The summed E-state index contributed by atoms with van der Waals surface area (Å²) in [5, 5.41) is 13.1. The average Bonchev–Trinajstić information content (AvgIpc) is 3.02. The van der Waals surface area contributed by atoms with Crippen molar-refractivity contribution in [2.75, 3.05) is 6.54 Å². The third kappa shape index (κ3) is 3.90. The van der Waals surface area contributed by atoms with Crippen LogP contribution in [0.2, 0.25) is 0 Å². The zero-order valence-corrected chi connectivity index (χ0v) is 14.0. The first-order valence-electron chi connectivity index (χ1n) is 8.09. The molecule has 1 heterocycles. The molecule has 6 heteroatoms. The van der Waals surface area contributed by atoms with E-state index in [0.29, 0.717) is 13.1 Å². The molecule has 2 N–H and O–H groups in total. The topological polar surface area (TPSA) is 67.1 Å². The van der Waals surface area contributed by atoms with Crippen LogP contribution in [0.1, 0.15) is 18.3 Å². The Morgan fingerprint density at radius 3 is 2.71 bits per heavy atom. The van der Waals surface area contributed by atoms with Gasteiger partial charge in [0.15, 0.2) is 5.96 Å². The zero-order chi connectivity index (χ0) is 16.8. The van der Waals surface area contributed by atoms with Crippen molar-refractivity contribution in [1.82, 2.24) is 25.4 Å². The van der Waals surface area contributed by atoms with Crippen molar-refractivity contribution in [2.45, 2.75) is 20.0 Å². The third-order valence-electron chi connectivity index (χ3n) is 3.80. The standard InChI is InChI=1S/C18H22N6/c1-3-19-18(21-12-17-22-13-23-24(17)2)20-11-14-8-9-15-6-4-5-7-16(15)10-14/h4-10,13H,3,11-12H2,1-2H3,(H2,19,20,21). The van der Waals surface area contributed by atoms with Crippen molar-refractivity contribution >= 4 is 16.7 Å². The van der Waals surface area contributed by atoms with Crippen LogP contribution in [-0.2, 0) is 20.1 Å². The summed E-state index contributed by atoms with van der Waals surface area (Å²) in [7, 11) is 1.88. The molecular formula is C18H22N6. The largest absolute Gasteiger partial charge is 0.357 e. The minimum Gasteiger partial charge on any atom is -0.357 e. The summed E-state index contributed by atoms with van der Waals surface area (Å²) in [6, 6.07) is 14.8. The quantitative estimate of drug-likeness (QED) is 0.558. The number of aryl methyl sites for hydroxylation is 1. The van der Waals surface area contributed by atoms with Gasteiger partial charge in [0.1, 0.15) is 12.2 Å². The molecule has 0 radical (unpaired) electrons. The third-order valence-corrected chi connectivity index (χ3v) is 3.80. The number of nitrogens with one attached hydrogen (secondary N) is 2. The van der Waals surface area contributed by atoms with Crippen LogP contribution in [-0.4, -0.2) is 27.3 Å². The number of fused-ring (bicyclic) bond motifs is 1. The SMILES string of the molecule is CCNC(=NCc1ccc2ccccc2c1)NCc1ncnn1C. The van der Waals surface area contributed by atoms with Crippen molar-refractivity contribution in [3.05, 3.63) is 60.2 Å². The predicted octanol–water partition coefficient (Wildman–Crippen LogP) is 2.22. The Hall–Kier alpha value is -2.89. The van der Waals surface area contributed by atoms with Crippen molar-refractivity contribution in [3.8, 4) is 0 Å². The van der Waals surface area contributed by atoms with Gasteiger partial charge in [-0.3, -0.25) is 4.68 Å². The molecule has 0 aliphatic heterocycles. The molecule has 1 aromatic heterocycles. The lowest BCUT2D eigenvalue weighted by Crippen LogP contribution is -2.37. The van der Waals surface area contributed by atoms with Crippen LogP contribution in [0.5, 0.6) is 0 Å². The molecule has 0 aliphatic rings. The maximum atomic E-state index is 4.66. The number of nitrogens with zero attached hydrogens (tertiary/aromatic N) is 4. The van der Waals surface area contributed by atoms with E-state index in [1.165, 1.54) is 16.3 Å². The molecule has 0 aliphatic carbocycles. The molecule has 0 unspecified atom stereocenters. The van der Waals surface area contributed by atoms with E-state index in [1.807, 2.05) is 7.05 Å². The second-order valence-corrected chi connectivity index (χ2v) is 5.53. The molecule has 0 atom stereocenters. The van der Waals surface area contributed by atoms with Gasteiger partial charge in [0.25, 0.3) is 0 Å². The number of aliphatic imine (C=N–C) groups is 1. The van der Waals surface area contributed by atoms with Crippen LogP contribution < -0.4 is 10.6 Å². The summed E-state index contributed by atoms with van der Waals surface area (Å²) in [5.74, 6) is 1.64. The highest BCUT2D eigenvalue weighted by molar-refractivity contribution is 5.83. The number of hydrogen-bond donors (Lipinski definition) is 2. The van der Waals surface area contributed by atoms with Gasteiger partial charge in [0.2, 0.25) is 0 Å². The fourth-order valence-corrected chi connectivity index (χ4v) is 2.49. The Balaban J connectivity index is 1.68. The average molecular weight is 322 g/mol. The Labute approximate surface area is 141 Å². The number of hydrogen-bond acceptors (Lipinski definition) is 3. The van der Waals surface area contributed by atoms with Crippen LogP contribution in [0.4, 0.5) is 0 Å². The van der Waals surface area contributed by atoms with E-state index in [1.54, 1.807) is 11.0 Å². The van der Waals surface area contributed by atoms with Crippen molar-refractivity contribution < 1.29 is 0 Å². The summed E-state index contributed by atoms with van der Waals surface area (Å²) < 4.78 is 1.75. The first-order chi connectivity index (χ1) is 11.8. The summed E-state index contributed by atoms with van der Waals surface area (Å²) in [4.78, 5) is 8.86. The van der Waals surface area contributed by atoms with Crippen LogP contribution in [0.3, 0.4) is 0 Å². The van der Waals surface area contributed by atoms with E-state index in [9.17, 15) is 0 Å². The van der Waals surface area contributed by atoms with Gasteiger partial charge in [0, 0.05) is 13.6 Å². The highest BCUT2D eigenvalue weighted by Gasteiger charge is 2.03. The smallest absolute Gasteiger partial charge is 0.191 e. The molecule has 6 nitrogen and oxygen atoms in total. The maximum Gasteiger partial charge on any atom is 0.191 e. The molecule has 0 saturated heterocycles. The van der Waals surface area contributed by atoms with Crippen LogP contribution in [0, 0.1) is 0 Å². The molecule has 0 spiro atoms. The van der Waals surface area contributed by atoms with Gasteiger partial charge in [-0.15, -0.1) is 0 Å². The summed E-state index contributed by atoms with van der Waals surface area (Å²) >= 11 is 0. The van der Waals surface area contributed by atoms with Crippen molar-refractivity contribution in [3.63, 3.8) is 0 Å². The minimum atomic E-state index is 0.583. The van der Waals surface area contributed by atoms with Crippen LogP contribution >= 0.6 is 0 Å². The maximum absolute atomic E-state index is 4.66. The molecule has 3 aromatic rings. The monoisotopic (exact) mass is 322 g/mol. The number of rotatable bonds is 5. The molecule has 2 aromatic carbocycles. The molecule has 3 rings (SSSR count). The molecule has 0 bridgehead atoms. The van der Waals surface area contributed by atoms with Gasteiger partial charge in [0.05, 0.1) is 13.1 Å². The normalized spacial score (nSPS) is 11.7. The van der Waals surface area contributed by atoms with Gasteiger partial charge in [-0.05, 0) is 29.3 Å². The lowest BCUT2D eigenvalue weighted by Gasteiger charge is -2.11. The van der Waals surface area contributed by atoms with E-state index < -0.39 is 0 Å². The lowest BCUT2D eigenvalue weighted by molar-refractivity contribution is 0.673. The molecular weight excluding hydrogens is 300 g/mol. The summed E-state index contributed by atoms with van der Waals surface area (Å²) in [6.07, 6.45) is 1.55. The lowest BCUT2D eigenvalue weighted by atomic mass is 10.1. The second kappa shape index (κ2) is 7.59. The van der Waals surface area contributed by atoms with Gasteiger partial charge in [-0.2, -0.15) is 5.10 Å². The van der Waals surface area contributed by atoms with E-state index in [4.69, 9.17) is 0 Å². The van der Waals surface area contributed by atoms with Crippen LogP contribution in [0.15, 0.2) is 53.8 Å². The Morgan fingerprint density at radius 2 is 1.96 bits per heavy atom. The molecule has 124 valence electrons. The number of benzene rings is 2. The Kier molecular flexibility index (Phi) is 5.05. The number of guanidine groups is 1. The molecule has 0 amide bonds. The van der Waals surface area contributed by atoms with E-state index >= 15 is 0 Å². The zero-order valence-electron chi connectivity index (χ0n) is 14.0. The van der Waals surface area contributed by atoms with Gasteiger partial charge >= 0.3 is 0 Å². The van der Waals surface area contributed by atoms with Crippen LogP contribution in [0.25, 0.3) is 10.8 Å². The predicted molar refractivity (Wildman–Crippen MR) is 96.6 cm³/mol. The Morgan fingerprint density at radius 1 is 1.12 bits per heavy atom. The Bertz CT molecular complexity index is 836. The first kappa shape index (κ1) is 16.0. The highest BCUT2D eigenvalue weighted by Crippen LogP contribution is 2.16. The van der Waals surface area contributed by atoms with Gasteiger partial charge < -0.3 is 10.6 Å². The van der Waals surface area contributed by atoms with E-state index in [-0.39, 0.29) is 0 Å². The summed E-state index contributed by atoms with van der Waals surface area (Å²) in [6.45, 7) is 4.07. The van der Waals surface area contributed by atoms with E-state index in [0.717, 1.165) is 18.3 Å². The number of aromatic nitrogens is 3. The first-order valence-corrected chi connectivity index (χ1v) is 8.09. The highest BCUT2D eigenvalue weighted by atomic mass is 15.3. The summed E-state index contributed by atoms with van der Waals surface area (Å²) in [5.41, 5.74) is 1.18. The minimum absolute atomic E-state index is 0.583. The van der Waals surface area contributed by atoms with Crippen molar-refractivity contribution in [1.29, 1.82) is 0 Å². The fraction of sp³-hybridized carbons (Fsp3) is 0.278.